The van der Waals surface area contributed by atoms with Crippen molar-refractivity contribution in [1.29, 1.82) is 0 Å². The number of hydrogen-bond acceptors (Lipinski definition) is 2. The second-order valence-electron chi connectivity index (χ2n) is 3.98. The second kappa shape index (κ2) is 5.42. The van der Waals surface area contributed by atoms with Gasteiger partial charge in [-0.25, -0.2) is 8.78 Å². The van der Waals surface area contributed by atoms with Crippen LogP contribution in [0.5, 0.6) is 0 Å². The minimum atomic E-state index is -2.88. The van der Waals surface area contributed by atoms with Crippen LogP contribution in [0.3, 0.4) is 0 Å². The van der Waals surface area contributed by atoms with E-state index in [1.54, 1.807) is 12.1 Å². The molecule has 0 amide bonds. The monoisotopic (exact) mass is 306 g/mol. The van der Waals surface area contributed by atoms with Crippen LogP contribution in [0.1, 0.15) is 12.0 Å². The molecule has 1 unspecified atom stereocenters. The molecule has 1 atom stereocenters. The van der Waals surface area contributed by atoms with E-state index in [2.05, 4.69) is 15.9 Å². The molecule has 2 nitrogen and oxygen atoms in total. The summed E-state index contributed by atoms with van der Waals surface area (Å²) < 4.78 is 39.0. The highest BCUT2D eigenvalue weighted by Gasteiger charge is 2.36. The summed E-state index contributed by atoms with van der Waals surface area (Å²) in [7, 11) is 0. The number of benzene rings is 1. The molecule has 0 radical (unpaired) electrons. The van der Waals surface area contributed by atoms with Gasteiger partial charge in [-0.15, -0.1) is 0 Å². The van der Waals surface area contributed by atoms with Crippen LogP contribution < -0.4 is 0 Å². The highest BCUT2D eigenvalue weighted by molar-refractivity contribution is 9.10. The lowest BCUT2D eigenvalue weighted by molar-refractivity contribution is -0.132. The Kier molecular flexibility index (Phi) is 4.12. The first kappa shape index (κ1) is 12.9. The minimum absolute atomic E-state index is 0.00914. The second-order valence-corrected chi connectivity index (χ2v) is 4.90. The normalized spacial score (nSPS) is 21.5. The molecule has 1 aromatic rings. The Labute approximate surface area is 107 Å². The molecule has 2 rings (SSSR count). The Balaban J connectivity index is 2.04. The van der Waals surface area contributed by atoms with Crippen LogP contribution >= 0.6 is 15.9 Å². The molecule has 1 saturated heterocycles. The van der Waals surface area contributed by atoms with Crippen molar-refractivity contribution in [3.8, 4) is 0 Å². The summed E-state index contributed by atoms with van der Waals surface area (Å²) in [5.74, 6) is -2.88. The molecule has 17 heavy (non-hydrogen) atoms. The number of ether oxygens (including phenoxy) is 2. The van der Waals surface area contributed by atoms with Gasteiger partial charge in [-0.05, 0) is 12.1 Å². The van der Waals surface area contributed by atoms with Crippen LogP contribution in [0.2, 0.25) is 0 Å². The van der Waals surface area contributed by atoms with Gasteiger partial charge in [0.05, 0.1) is 25.9 Å². The SMILES string of the molecule is FC(F)(CC1COCCO1)c1ccc(Br)cc1. The molecule has 0 aromatic heterocycles. The highest BCUT2D eigenvalue weighted by Crippen LogP contribution is 2.34. The van der Waals surface area contributed by atoms with E-state index in [9.17, 15) is 8.78 Å². The summed E-state index contributed by atoms with van der Waals surface area (Å²) in [6, 6.07) is 6.07. The van der Waals surface area contributed by atoms with E-state index in [0.29, 0.717) is 13.2 Å². The van der Waals surface area contributed by atoms with E-state index in [0.717, 1.165) is 4.47 Å². The number of rotatable bonds is 3. The summed E-state index contributed by atoms with van der Waals surface area (Å²) in [5.41, 5.74) is 0.00914. The van der Waals surface area contributed by atoms with Crippen molar-refractivity contribution in [2.75, 3.05) is 19.8 Å². The standard InChI is InChI=1S/C12H13BrF2O2/c13-10-3-1-9(2-4-10)12(14,15)7-11-8-16-5-6-17-11/h1-4,11H,5-8H2. The summed E-state index contributed by atoms with van der Waals surface area (Å²) in [6.45, 7) is 1.12. The van der Waals surface area contributed by atoms with Crippen molar-refractivity contribution in [1.82, 2.24) is 0 Å². The molecule has 0 spiro atoms. The zero-order chi connectivity index (χ0) is 12.3. The predicted octanol–water partition coefficient (Wildman–Crippen LogP) is 3.35. The van der Waals surface area contributed by atoms with Crippen LogP contribution in [0.25, 0.3) is 0 Å². The summed E-state index contributed by atoms with van der Waals surface area (Å²) >= 11 is 3.22. The Hall–Kier alpha value is -0.520. The quantitative estimate of drug-likeness (QED) is 0.852. The molecule has 0 N–H and O–H groups in total. The van der Waals surface area contributed by atoms with Gasteiger partial charge in [-0.3, -0.25) is 0 Å². The minimum Gasteiger partial charge on any atom is -0.376 e. The topological polar surface area (TPSA) is 18.5 Å². The number of alkyl halides is 2. The average molecular weight is 307 g/mol. The van der Waals surface area contributed by atoms with E-state index in [1.807, 2.05) is 0 Å². The van der Waals surface area contributed by atoms with Crippen molar-refractivity contribution < 1.29 is 18.3 Å². The van der Waals surface area contributed by atoms with Crippen molar-refractivity contribution in [2.24, 2.45) is 0 Å². The first-order valence-electron chi connectivity index (χ1n) is 5.41. The van der Waals surface area contributed by atoms with Crippen LogP contribution in [0.4, 0.5) is 8.78 Å². The largest absolute Gasteiger partial charge is 0.376 e. The van der Waals surface area contributed by atoms with Crippen molar-refractivity contribution >= 4 is 15.9 Å². The van der Waals surface area contributed by atoms with Gasteiger partial charge in [-0.1, -0.05) is 28.1 Å². The van der Waals surface area contributed by atoms with Crippen LogP contribution in [0.15, 0.2) is 28.7 Å². The summed E-state index contributed by atoms with van der Waals surface area (Å²) in [5, 5.41) is 0. The fourth-order valence-electron chi connectivity index (χ4n) is 1.75. The molecule has 1 aliphatic heterocycles. The van der Waals surface area contributed by atoms with Crippen molar-refractivity contribution in [2.45, 2.75) is 18.4 Å². The predicted molar refractivity (Wildman–Crippen MR) is 63.2 cm³/mol. The maximum Gasteiger partial charge on any atom is 0.275 e. The van der Waals surface area contributed by atoms with Crippen LogP contribution in [-0.2, 0) is 15.4 Å². The third kappa shape index (κ3) is 3.47. The van der Waals surface area contributed by atoms with E-state index >= 15 is 0 Å². The molecule has 94 valence electrons. The number of hydrogen-bond donors (Lipinski definition) is 0. The Morgan fingerprint density at radius 1 is 1.24 bits per heavy atom. The highest BCUT2D eigenvalue weighted by atomic mass is 79.9. The van der Waals surface area contributed by atoms with Crippen LogP contribution in [-0.4, -0.2) is 25.9 Å². The first-order chi connectivity index (χ1) is 8.08. The maximum atomic E-state index is 13.9. The van der Waals surface area contributed by atoms with E-state index in [4.69, 9.17) is 9.47 Å². The zero-order valence-electron chi connectivity index (χ0n) is 9.17. The molecular formula is C12H13BrF2O2. The molecule has 1 heterocycles. The molecule has 0 bridgehead atoms. The van der Waals surface area contributed by atoms with Crippen LogP contribution in [0, 0.1) is 0 Å². The van der Waals surface area contributed by atoms with Crippen molar-refractivity contribution in [3.05, 3.63) is 34.3 Å². The molecule has 5 heteroatoms. The summed E-state index contributed by atoms with van der Waals surface area (Å²) in [6.07, 6.45) is -0.864. The van der Waals surface area contributed by atoms with Gasteiger partial charge in [0.25, 0.3) is 5.92 Å². The Morgan fingerprint density at radius 3 is 2.53 bits per heavy atom. The fraction of sp³-hybridized carbons (Fsp3) is 0.500. The molecular weight excluding hydrogens is 294 g/mol. The number of halogens is 3. The van der Waals surface area contributed by atoms with Gasteiger partial charge in [0.1, 0.15) is 0 Å². The van der Waals surface area contributed by atoms with E-state index in [1.165, 1.54) is 12.1 Å². The van der Waals surface area contributed by atoms with Gasteiger partial charge in [0, 0.05) is 16.5 Å². The molecule has 1 aromatic carbocycles. The smallest absolute Gasteiger partial charge is 0.275 e. The van der Waals surface area contributed by atoms with Crippen molar-refractivity contribution in [3.63, 3.8) is 0 Å². The lowest BCUT2D eigenvalue weighted by atomic mass is 10.0. The zero-order valence-corrected chi connectivity index (χ0v) is 10.8. The first-order valence-corrected chi connectivity index (χ1v) is 6.20. The molecule has 0 aliphatic carbocycles. The third-order valence-corrected chi connectivity index (χ3v) is 3.16. The van der Waals surface area contributed by atoms with Gasteiger partial charge in [0.2, 0.25) is 0 Å². The fourth-order valence-corrected chi connectivity index (χ4v) is 2.02. The van der Waals surface area contributed by atoms with Gasteiger partial charge in [-0.2, -0.15) is 0 Å². The Morgan fingerprint density at radius 2 is 1.94 bits per heavy atom. The van der Waals surface area contributed by atoms with Gasteiger partial charge in [0.15, 0.2) is 0 Å². The average Bonchev–Trinajstić information content (AvgIpc) is 2.30. The molecule has 1 aliphatic rings. The summed E-state index contributed by atoms with van der Waals surface area (Å²) in [4.78, 5) is 0. The molecule has 1 fully saturated rings. The van der Waals surface area contributed by atoms with E-state index in [-0.39, 0.29) is 18.6 Å². The van der Waals surface area contributed by atoms with Gasteiger partial charge >= 0.3 is 0 Å². The Bertz CT molecular complexity index is 361. The third-order valence-electron chi connectivity index (χ3n) is 2.64. The lowest BCUT2D eigenvalue weighted by Crippen LogP contribution is -2.33. The lowest BCUT2D eigenvalue weighted by Gasteiger charge is -2.27. The maximum absolute atomic E-state index is 13.9. The van der Waals surface area contributed by atoms with Gasteiger partial charge < -0.3 is 9.47 Å². The molecule has 0 saturated carbocycles. The van der Waals surface area contributed by atoms with E-state index < -0.39 is 12.0 Å².